The second kappa shape index (κ2) is 10.7. The number of benzene rings is 1. The Balaban J connectivity index is 1.59. The van der Waals surface area contributed by atoms with Crippen LogP contribution in [0, 0.1) is 0 Å². The van der Waals surface area contributed by atoms with Gasteiger partial charge < -0.3 is 19.5 Å². The number of rotatable bonds is 10. The topological polar surface area (TPSA) is 94.2 Å². The van der Waals surface area contributed by atoms with Crippen molar-refractivity contribution in [1.82, 2.24) is 10.2 Å². The van der Waals surface area contributed by atoms with Gasteiger partial charge in [0.15, 0.2) is 13.2 Å². The number of nitrogens with zero attached hydrogens (tertiary/aromatic N) is 1. The summed E-state index contributed by atoms with van der Waals surface area (Å²) in [6.07, 6.45) is 0. The van der Waals surface area contributed by atoms with Gasteiger partial charge in [-0.05, 0) is 31.2 Å². The number of ether oxygens (including phenoxy) is 3. The molecule has 1 heterocycles. The summed E-state index contributed by atoms with van der Waals surface area (Å²) in [6, 6.07) is 6.81. The molecule has 0 aliphatic carbocycles. The first-order valence-electron chi connectivity index (χ1n) is 8.24. The van der Waals surface area contributed by atoms with Crippen LogP contribution in [0.3, 0.4) is 0 Å². The average Bonchev–Trinajstić information content (AvgIpc) is 2.98. The van der Waals surface area contributed by atoms with Crippen LogP contribution in [0.25, 0.3) is 0 Å². The molecule has 8 nitrogen and oxygen atoms in total. The van der Waals surface area contributed by atoms with E-state index in [0.29, 0.717) is 34.7 Å². The minimum absolute atomic E-state index is 0.0721. The third kappa shape index (κ3) is 7.06. The zero-order chi connectivity index (χ0) is 19.6. The molecule has 1 aromatic rings. The van der Waals surface area contributed by atoms with Crippen molar-refractivity contribution >= 4 is 46.1 Å². The predicted octanol–water partition coefficient (Wildman–Crippen LogP) is 0.984. The Morgan fingerprint density at radius 3 is 2.44 bits per heavy atom. The smallest absolute Gasteiger partial charge is 0.344 e. The first-order chi connectivity index (χ1) is 13.0. The van der Waals surface area contributed by atoms with Gasteiger partial charge in [0.25, 0.3) is 5.91 Å². The number of carbonyl (C=O) groups is 3. The molecule has 146 valence electrons. The fraction of sp³-hybridized carbons (Fsp3) is 0.412. The summed E-state index contributed by atoms with van der Waals surface area (Å²) in [5.41, 5.74) is 0. The normalized spacial score (nSPS) is 13.4. The molecule has 1 fully saturated rings. The molecule has 1 aliphatic rings. The van der Waals surface area contributed by atoms with Crippen molar-refractivity contribution in [3.05, 3.63) is 24.3 Å². The molecule has 0 aromatic heterocycles. The van der Waals surface area contributed by atoms with Gasteiger partial charge in [0, 0.05) is 13.1 Å². The van der Waals surface area contributed by atoms with E-state index in [2.05, 4.69) is 5.32 Å². The van der Waals surface area contributed by atoms with Gasteiger partial charge in [-0.1, -0.05) is 24.0 Å². The number of hydrogen-bond donors (Lipinski definition) is 1. The van der Waals surface area contributed by atoms with E-state index in [1.807, 2.05) is 6.92 Å². The Kier molecular flexibility index (Phi) is 8.34. The Hall–Kier alpha value is -2.33. The van der Waals surface area contributed by atoms with E-state index in [1.54, 1.807) is 24.3 Å². The van der Waals surface area contributed by atoms with E-state index in [9.17, 15) is 14.4 Å². The van der Waals surface area contributed by atoms with Crippen molar-refractivity contribution in [3.63, 3.8) is 0 Å². The molecule has 1 N–H and O–H groups in total. The number of hydrogen-bond acceptors (Lipinski definition) is 8. The lowest BCUT2D eigenvalue weighted by Crippen LogP contribution is -2.38. The van der Waals surface area contributed by atoms with Crippen molar-refractivity contribution in [3.8, 4) is 11.5 Å². The average molecular weight is 412 g/mol. The first kappa shape index (κ1) is 21.0. The number of amides is 2. The summed E-state index contributed by atoms with van der Waals surface area (Å²) in [5.74, 6) is 0.333. The molecule has 10 heteroatoms. The third-order valence-corrected chi connectivity index (χ3v) is 4.79. The van der Waals surface area contributed by atoms with Crippen LogP contribution in [-0.2, 0) is 19.1 Å². The number of nitrogens with one attached hydrogen (secondary N) is 1. The van der Waals surface area contributed by atoms with E-state index in [4.69, 9.17) is 26.4 Å². The fourth-order valence-corrected chi connectivity index (χ4v) is 3.21. The maximum Gasteiger partial charge on any atom is 0.344 e. The molecule has 2 amide bonds. The number of thiocarbonyl (C=S) groups is 1. The molecule has 0 bridgehead atoms. The summed E-state index contributed by atoms with van der Waals surface area (Å²) in [7, 11) is 0. The van der Waals surface area contributed by atoms with E-state index < -0.39 is 18.5 Å². The van der Waals surface area contributed by atoms with Crippen LogP contribution in [0.5, 0.6) is 11.5 Å². The molecule has 0 saturated carbocycles. The second-order valence-corrected chi connectivity index (χ2v) is 6.91. The van der Waals surface area contributed by atoms with E-state index in [1.165, 1.54) is 16.7 Å². The van der Waals surface area contributed by atoms with Gasteiger partial charge in [0.05, 0.1) is 12.4 Å². The van der Waals surface area contributed by atoms with Crippen LogP contribution in [0.2, 0.25) is 0 Å². The van der Waals surface area contributed by atoms with Crippen LogP contribution < -0.4 is 14.8 Å². The molecule has 2 rings (SSSR count). The second-order valence-electron chi connectivity index (χ2n) is 5.30. The van der Waals surface area contributed by atoms with E-state index >= 15 is 0 Å². The number of thioether (sulfide) groups is 1. The maximum atomic E-state index is 11.7. The number of carbonyl (C=O) groups excluding carboxylic acids is 3. The minimum atomic E-state index is -0.661. The maximum absolute atomic E-state index is 11.7. The summed E-state index contributed by atoms with van der Waals surface area (Å²) in [5, 5.41) is 2.56. The van der Waals surface area contributed by atoms with Gasteiger partial charge in [-0.3, -0.25) is 14.5 Å². The molecule has 27 heavy (non-hydrogen) atoms. The van der Waals surface area contributed by atoms with Gasteiger partial charge in [-0.15, -0.1) is 0 Å². The van der Waals surface area contributed by atoms with Crippen LogP contribution in [0.1, 0.15) is 6.92 Å². The number of esters is 1. The van der Waals surface area contributed by atoms with Crippen LogP contribution in [-0.4, -0.2) is 65.7 Å². The van der Waals surface area contributed by atoms with Gasteiger partial charge in [0.1, 0.15) is 15.8 Å². The van der Waals surface area contributed by atoms with Gasteiger partial charge in [-0.2, -0.15) is 0 Å². The standard InChI is InChI=1S/C17H20N2O6S2/c1-2-23-12-3-5-13(6-4-12)24-10-16(22)25-9-14(20)18-7-8-19-15(21)11-27-17(19)26/h3-6H,2,7-11H2,1H3,(H,18,20). The summed E-state index contributed by atoms with van der Waals surface area (Å²) in [6.45, 7) is 2.25. The van der Waals surface area contributed by atoms with Crippen molar-refractivity contribution in [2.45, 2.75) is 6.92 Å². The molecule has 1 aromatic carbocycles. The summed E-state index contributed by atoms with van der Waals surface area (Å²) >= 11 is 6.33. The minimum Gasteiger partial charge on any atom is -0.494 e. The molecule has 0 spiro atoms. The summed E-state index contributed by atoms with van der Waals surface area (Å²) < 4.78 is 15.9. The van der Waals surface area contributed by atoms with Crippen molar-refractivity contribution in [1.29, 1.82) is 0 Å². The predicted molar refractivity (Wildman–Crippen MR) is 104 cm³/mol. The van der Waals surface area contributed by atoms with E-state index in [-0.39, 0.29) is 19.1 Å². The molecule has 0 radical (unpaired) electrons. The molecule has 1 aliphatic heterocycles. The quantitative estimate of drug-likeness (QED) is 0.449. The van der Waals surface area contributed by atoms with Gasteiger partial charge >= 0.3 is 5.97 Å². The molecule has 0 unspecified atom stereocenters. The largest absolute Gasteiger partial charge is 0.494 e. The monoisotopic (exact) mass is 412 g/mol. The zero-order valence-corrected chi connectivity index (χ0v) is 16.4. The van der Waals surface area contributed by atoms with Crippen LogP contribution >= 0.6 is 24.0 Å². The molecular weight excluding hydrogens is 392 g/mol. The van der Waals surface area contributed by atoms with Crippen molar-refractivity contribution in [2.75, 3.05) is 38.7 Å². The molecular formula is C17H20N2O6S2. The van der Waals surface area contributed by atoms with E-state index in [0.717, 1.165) is 0 Å². The Bertz CT molecular complexity index is 679. The molecule has 1 saturated heterocycles. The Morgan fingerprint density at radius 2 is 1.85 bits per heavy atom. The lowest BCUT2D eigenvalue weighted by Gasteiger charge is -2.15. The van der Waals surface area contributed by atoms with Crippen LogP contribution in [0.15, 0.2) is 24.3 Å². The Morgan fingerprint density at radius 1 is 1.19 bits per heavy atom. The third-order valence-electron chi connectivity index (χ3n) is 3.35. The van der Waals surface area contributed by atoms with Crippen molar-refractivity contribution in [2.24, 2.45) is 0 Å². The van der Waals surface area contributed by atoms with Gasteiger partial charge in [-0.25, -0.2) is 4.79 Å². The van der Waals surface area contributed by atoms with Crippen molar-refractivity contribution < 1.29 is 28.6 Å². The van der Waals surface area contributed by atoms with Crippen LogP contribution in [0.4, 0.5) is 0 Å². The molecule has 0 atom stereocenters. The lowest BCUT2D eigenvalue weighted by molar-refractivity contribution is -0.150. The highest BCUT2D eigenvalue weighted by Crippen LogP contribution is 2.18. The SMILES string of the molecule is CCOc1ccc(OCC(=O)OCC(=O)NCCN2C(=O)CSC2=S)cc1. The fourth-order valence-electron chi connectivity index (χ4n) is 2.08. The lowest BCUT2D eigenvalue weighted by atomic mass is 10.3. The summed E-state index contributed by atoms with van der Waals surface area (Å²) in [4.78, 5) is 36.3. The zero-order valence-electron chi connectivity index (χ0n) is 14.8. The van der Waals surface area contributed by atoms with Gasteiger partial charge in [0.2, 0.25) is 5.91 Å². The first-order valence-corrected chi connectivity index (χ1v) is 9.64. The highest BCUT2D eigenvalue weighted by molar-refractivity contribution is 8.23. The highest BCUT2D eigenvalue weighted by Gasteiger charge is 2.25. The Labute approximate surface area is 166 Å². The highest BCUT2D eigenvalue weighted by atomic mass is 32.2.